The van der Waals surface area contributed by atoms with Crippen molar-refractivity contribution in [3.8, 4) is 0 Å². The summed E-state index contributed by atoms with van der Waals surface area (Å²) in [5.74, 6) is -0.875. The van der Waals surface area contributed by atoms with Gasteiger partial charge in [-0.25, -0.2) is 9.37 Å². The second-order valence-corrected chi connectivity index (χ2v) is 8.04. The van der Waals surface area contributed by atoms with E-state index in [0.29, 0.717) is 22.9 Å². The highest BCUT2D eigenvalue weighted by Crippen LogP contribution is 2.28. The molecule has 0 saturated carbocycles. The van der Waals surface area contributed by atoms with E-state index in [2.05, 4.69) is 15.6 Å². The fraction of sp³-hybridized carbons (Fsp3) is 0.136. The number of carbonyl (C=O) groups excluding carboxylic acids is 2. The number of carbonyl (C=O) groups is 2. The molecule has 5 nitrogen and oxygen atoms in total. The van der Waals surface area contributed by atoms with Crippen LogP contribution in [0.1, 0.15) is 23.7 Å². The molecule has 0 spiro atoms. The molecule has 3 aromatic rings. The Morgan fingerprint density at radius 3 is 2.60 bits per heavy atom. The zero-order valence-corrected chi connectivity index (χ0v) is 17.6. The van der Waals surface area contributed by atoms with E-state index in [1.165, 1.54) is 36.2 Å². The standard InChI is InChI=1S/C22H19ClFN3O2S/c1-2-19(22(29)27-20-11-10-14(23)13-25-20)30-16-7-5-6-15(12-16)26-21(28)17-8-3-4-9-18(17)24/h3-13,19H,2H2,1H3,(H,26,28)(H,25,27,29). The molecule has 8 heteroatoms. The third kappa shape index (κ3) is 5.81. The number of benzene rings is 2. The third-order valence-electron chi connectivity index (χ3n) is 4.13. The molecule has 2 N–H and O–H groups in total. The summed E-state index contributed by atoms with van der Waals surface area (Å²) in [6.07, 6.45) is 2.06. The molecule has 1 unspecified atom stereocenters. The Kier molecular flexibility index (Phi) is 7.43. The van der Waals surface area contributed by atoms with E-state index >= 15 is 0 Å². The first-order valence-corrected chi connectivity index (χ1v) is 10.5. The van der Waals surface area contributed by atoms with Crippen LogP contribution in [0.15, 0.2) is 71.8 Å². The number of hydrogen-bond acceptors (Lipinski definition) is 4. The number of pyridine rings is 1. The summed E-state index contributed by atoms with van der Waals surface area (Å²) < 4.78 is 13.8. The molecule has 3 rings (SSSR count). The van der Waals surface area contributed by atoms with Crippen LogP contribution < -0.4 is 10.6 Å². The molecular formula is C22H19ClFN3O2S. The van der Waals surface area contributed by atoms with Gasteiger partial charge in [0.25, 0.3) is 5.91 Å². The minimum absolute atomic E-state index is 0.0307. The molecule has 0 radical (unpaired) electrons. The lowest BCUT2D eigenvalue weighted by Crippen LogP contribution is -2.25. The van der Waals surface area contributed by atoms with Crippen molar-refractivity contribution in [2.75, 3.05) is 10.6 Å². The first kappa shape index (κ1) is 21.8. The van der Waals surface area contributed by atoms with Crippen LogP contribution >= 0.6 is 23.4 Å². The number of rotatable bonds is 7. The van der Waals surface area contributed by atoms with Crippen LogP contribution in [0.2, 0.25) is 5.02 Å². The molecule has 0 saturated heterocycles. The first-order chi connectivity index (χ1) is 14.5. The third-order valence-corrected chi connectivity index (χ3v) is 5.71. The van der Waals surface area contributed by atoms with Crippen LogP contribution in [0.25, 0.3) is 0 Å². The fourth-order valence-corrected chi connectivity index (χ4v) is 3.76. The van der Waals surface area contributed by atoms with Crippen LogP contribution in [0.4, 0.5) is 15.9 Å². The van der Waals surface area contributed by atoms with Crippen molar-refractivity contribution < 1.29 is 14.0 Å². The summed E-state index contributed by atoms with van der Waals surface area (Å²) in [7, 11) is 0. The van der Waals surface area contributed by atoms with Crippen molar-refractivity contribution in [2.24, 2.45) is 0 Å². The van der Waals surface area contributed by atoms with Crippen molar-refractivity contribution in [3.63, 3.8) is 0 Å². The van der Waals surface area contributed by atoms with Crippen LogP contribution in [0, 0.1) is 5.82 Å². The van der Waals surface area contributed by atoms with Gasteiger partial charge in [-0.3, -0.25) is 9.59 Å². The highest BCUT2D eigenvalue weighted by atomic mass is 35.5. The molecular weight excluding hydrogens is 425 g/mol. The van der Waals surface area contributed by atoms with E-state index in [0.717, 1.165) is 4.90 Å². The SMILES string of the molecule is CCC(Sc1cccc(NC(=O)c2ccccc2F)c1)C(=O)Nc1ccc(Cl)cn1. The Balaban J connectivity index is 1.67. The topological polar surface area (TPSA) is 71.1 Å². The van der Waals surface area contributed by atoms with Crippen molar-refractivity contribution in [1.82, 2.24) is 4.98 Å². The fourth-order valence-electron chi connectivity index (χ4n) is 2.63. The molecule has 1 heterocycles. The molecule has 1 aromatic heterocycles. The molecule has 0 fully saturated rings. The molecule has 0 aliphatic carbocycles. The van der Waals surface area contributed by atoms with Gasteiger partial charge >= 0.3 is 0 Å². The predicted molar refractivity (Wildman–Crippen MR) is 119 cm³/mol. The Bertz CT molecular complexity index is 1050. The number of amides is 2. The van der Waals surface area contributed by atoms with E-state index in [4.69, 9.17) is 11.6 Å². The lowest BCUT2D eigenvalue weighted by atomic mass is 10.2. The summed E-state index contributed by atoms with van der Waals surface area (Å²) in [6.45, 7) is 1.91. The average molecular weight is 444 g/mol. The number of halogens is 2. The van der Waals surface area contributed by atoms with Gasteiger partial charge in [-0.15, -0.1) is 11.8 Å². The molecule has 0 aliphatic heterocycles. The van der Waals surface area contributed by atoms with E-state index in [1.807, 2.05) is 13.0 Å². The average Bonchev–Trinajstić information content (AvgIpc) is 2.74. The smallest absolute Gasteiger partial charge is 0.258 e. The van der Waals surface area contributed by atoms with Crippen LogP contribution in [-0.2, 0) is 4.79 Å². The van der Waals surface area contributed by atoms with Gasteiger partial charge in [0.15, 0.2) is 0 Å². The molecule has 2 aromatic carbocycles. The second kappa shape index (κ2) is 10.2. The maximum atomic E-state index is 13.8. The largest absolute Gasteiger partial charge is 0.322 e. The number of aromatic nitrogens is 1. The van der Waals surface area contributed by atoms with E-state index < -0.39 is 11.7 Å². The van der Waals surface area contributed by atoms with Gasteiger partial charge in [-0.2, -0.15) is 0 Å². The van der Waals surface area contributed by atoms with Crippen molar-refractivity contribution in [1.29, 1.82) is 0 Å². The molecule has 0 bridgehead atoms. The van der Waals surface area contributed by atoms with Gasteiger partial charge in [-0.1, -0.05) is 36.7 Å². The minimum atomic E-state index is -0.584. The molecule has 1 atom stereocenters. The number of hydrogen-bond donors (Lipinski definition) is 2. The molecule has 2 amide bonds. The summed E-state index contributed by atoms with van der Waals surface area (Å²) >= 11 is 7.18. The van der Waals surface area contributed by atoms with Crippen LogP contribution in [0.5, 0.6) is 0 Å². The number of anilines is 2. The van der Waals surface area contributed by atoms with E-state index in [9.17, 15) is 14.0 Å². The lowest BCUT2D eigenvalue weighted by molar-refractivity contribution is -0.115. The first-order valence-electron chi connectivity index (χ1n) is 9.21. The molecule has 154 valence electrons. The van der Waals surface area contributed by atoms with Gasteiger partial charge < -0.3 is 10.6 Å². The normalized spacial score (nSPS) is 11.6. The zero-order valence-electron chi connectivity index (χ0n) is 16.1. The zero-order chi connectivity index (χ0) is 21.5. The lowest BCUT2D eigenvalue weighted by Gasteiger charge is -2.15. The second-order valence-electron chi connectivity index (χ2n) is 6.33. The number of nitrogens with zero attached hydrogens (tertiary/aromatic N) is 1. The minimum Gasteiger partial charge on any atom is -0.322 e. The summed E-state index contributed by atoms with van der Waals surface area (Å²) in [6, 6.07) is 16.2. The molecule has 0 aliphatic rings. The van der Waals surface area contributed by atoms with Gasteiger partial charge in [0, 0.05) is 16.8 Å². The van der Waals surface area contributed by atoms with E-state index in [-0.39, 0.29) is 16.7 Å². The summed E-state index contributed by atoms with van der Waals surface area (Å²) in [5.41, 5.74) is 0.486. The monoisotopic (exact) mass is 443 g/mol. The predicted octanol–water partition coefficient (Wildman–Crippen LogP) is 5.64. The van der Waals surface area contributed by atoms with E-state index in [1.54, 1.807) is 36.4 Å². The Hall–Kier alpha value is -2.90. The quantitative estimate of drug-likeness (QED) is 0.464. The maximum Gasteiger partial charge on any atom is 0.258 e. The van der Waals surface area contributed by atoms with Gasteiger partial charge in [0.1, 0.15) is 11.6 Å². The van der Waals surface area contributed by atoms with Crippen LogP contribution in [0.3, 0.4) is 0 Å². The number of nitrogens with one attached hydrogen (secondary N) is 2. The van der Waals surface area contributed by atoms with Gasteiger partial charge in [0.2, 0.25) is 5.91 Å². The Morgan fingerprint density at radius 2 is 1.90 bits per heavy atom. The van der Waals surface area contributed by atoms with Crippen LogP contribution in [-0.4, -0.2) is 22.0 Å². The Labute approximate surface area is 183 Å². The summed E-state index contributed by atoms with van der Waals surface area (Å²) in [5, 5.41) is 5.59. The maximum absolute atomic E-state index is 13.8. The van der Waals surface area contributed by atoms with Gasteiger partial charge in [-0.05, 0) is 48.9 Å². The number of thioether (sulfide) groups is 1. The molecule has 30 heavy (non-hydrogen) atoms. The summed E-state index contributed by atoms with van der Waals surface area (Å²) in [4.78, 5) is 29.8. The highest BCUT2D eigenvalue weighted by molar-refractivity contribution is 8.00. The Morgan fingerprint density at radius 1 is 1.10 bits per heavy atom. The van der Waals surface area contributed by atoms with Crippen molar-refractivity contribution in [3.05, 3.63) is 83.3 Å². The van der Waals surface area contributed by atoms with Crippen molar-refractivity contribution in [2.45, 2.75) is 23.5 Å². The van der Waals surface area contributed by atoms with Crippen molar-refractivity contribution >= 4 is 46.7 Å². The highest BCUT2D eigenvalue weighted by Gasteiger charge is 2.19. The van der Waals surface area contributed by atoms with Gasteiger partial charge in [0.05, 0.1) is 15.8 Å².